The molecule has 0 bridgehead atoms. The van der Waals surface area contributed by atoms with Crippen molar-refractivity contribution in [2.24, 2.45) is 5.50 Å². The maximum atomic E-state index is 12.7. The summed E-state index contributed by atoms with van der Waals surface area (Å²) in [7, 11) is -3.48. The molecule has 0 radical (unpaired) electrons. The molecule has 2 atom stereocenters. The maximum absolute atomic E-state index is 12.7. The number of hydrogen-bond donors (Lipinski definition) is 1. The maximum Gasteiger partial charge on any atom is 0.340 e. The summed E-state index contributed by atoms with van der Waals surface area (Å²) in [4.78, 5) is 0. The zero-order chi connectivity index (χ0) is 21.1. The van der Waals surface area contributed by atoms with Crippen molar-refractivity contribution in [3.63, 3.8) is 0 Å². The number of halogens is 2. The van der Waals surface area contributed by atoms with Crippen LogP contribution in [0.25, 0.3) is 10.8 Å². The Labute approximate surface area is 181 Å². The number of alkyl halides is 2. The van der Waals surface area contributed by atoms with Crippen LogP contribution in [0, 0.1) is 0 Å². The highest BCUT2D eigenvalue weighted by Gasteiger charge is 2.36. The van der Waals surface area contributed by atoms with Crippen LogP contribution in [0.2, 0.25) is 0 Å². The molecule has 1 heterocycles. The van der Waals surface area contributed by atoms with E-state index < -0.39 is 19.6 Å². The number of nitrogens with two attached hydrogens (primary N) is 1. The van der Waals surface area contributed by atoms with Gasteiger partial charge in [0, 0.05) is 36.8 Å². The molecule has 2 unspecified atom stereocenters. The van der Waals surface area contributed by atoms with Crippen LogP contribution < -0.4 is 10.2 Å². The van der Waals surface area contributed by atoms with Gasteiger partial charge in [-0.1, -0.05) is 24.3 Å². The summed E-state index contributed by atoms with van der Waals surface area (Å²) in [5.41, 5.74) is 6.37. The van der Waals surface area contributed by atoms with Gasteiger partial charge < -0.3 is 14.0 Å². The molecule has 9 heteroatoms. The van der Waals surface area contributed by atoms with Gasteiger partial charge in [-0.3, -0.25) is 4.57 Å². The van der Waals surface area contributed by atoms with Crippen LogP contribution >= 0.6 is 30.9 Å². The Bertz CT molecular complexity index is 890. The summed E-state index contributed by atoms with van der Waals surface area (Å²) in [5, 5.41) is 2.24. The fourth-order valence-electron chi connectivity index (χ4n) is 3.41. The van der Waals surface area contributed by atoms with Crippen molar-refractivity contribution in [3.8, 4) is 5.75 Å². The lowest BCUT2D eigenvalue weighted by atomic mass is 9.93. The van der Waals surface area contributed by atoms with E-state index in [1.165, 1.54) is 4.67 Å². The summed E-state index contributed by atoms with van der Waals surface area (Å²) in [5.74, 6) is 1.36. The summed E-state index contributed by atoms with van der Waals surface area (Å²) >= 11 is 11.5. The third-order valence-electron chi connectivity index (χ3n) is 4.89. The van der Waals surface area contributed by atoms with Crippen molar-refractivity contribution in [2.45, 2.75) is 32.2 Å². The zero-order valence-electron chi connectivity index (χ0n) is 16.6. The highest BCUT2D eigenvalue weighted by atomic mass is 35.5. The highest BCUT2D eigenvalue weighted by Crippen LogP contribution is 2.44. The average molecular weight is 461 g/mol. The summed E-state index contributed by atoms with van der Waals surface area (Å²) in [6.45, 7) is 4.82. The number of fused-ring (bicyclic) bond motifs is 2. The predicted octanol–water partition coefficient (Wildman–Crippen LogP) is 5.06. The quantitative estimate of drug-likeness (QED) is 0.416. The van der Waals surface area contributed by atoms with Crippen LogP contribution in [-0.4, -0.2) is 42.4 Å². The van der Waals surface area contributed by atoms with Gasteiger partial charge in [-0.05, 0) is 36.8 Å². The Hall–Kier alpha value is -0.850. The van der Waals surface area contributed by atoms with E-state index >= 15 is 0 Å². The summed E-state index contributed by atoms with van der Waals surface area (Å²) in [6, 6.07) is 12.2. The van der Waals surface area contributed by atoms with E-state index in [1.807, 2.05) is 38.1 Å². The molecule has 3 rings (SSSR count). The number of rotatable bonds is 9. The third kappa shape index (κ3) is 5.45. The standard InChI is InChI=1S/C20H27Cl2N2O4P/c1-20(2)17-13-15-5-3-4-6-16(15)14-18(17)27-19(28-20)7-12-26-29(23,25)24(10-8-21)11-9-22/h3-6,13-14,19H,7-12H2,1-2H3,(H2,23,25). The van der Waals surface area contributed by atoms with Gasteiger partial charge in [0.1, 0.15) is 5.75 Å². The van der Waals surface area contributed by atoms with Crippen LogP contribution in [0.4, 0.5) is 0 Å². The lowest BCUT2D eigenvalue weighted by Gasteiger charge is -2.38. The van der Waals surface area contributed by atoms with Crippen LogP contribution in [-0.2, 0) is 19.4 Å². The van der Waals surface area contributed by atoms with E-state index in [4.69, 9.17) is 42.7 Å². The smallest absolute Gasteiger partial charge is 0.340 e. The summed E-state index contributed by atoms with van der Waals surface area (Å²) in [6.07, 6.45) is -0.153. The molecule has 2 aromatic carbocycles. The van der Waals surface area contributed by atoms with E-state index in [2.05, 4.69) is 12.1 Å². The van der Waals surface area contributed by atoms with Gasteiger partial charge in [0.25, 0.3) is 0 Å². The SMILES string of the molecule is CC1(C)OC(CCOP(N)(=O)N(CCCl)CCCl)Oc2cc3ccccc3cc21. The van der Waals surface area contributed by atoms with Gasteiger partial charge >= 0.3 is 7.67 Å². The van der Waals surface area contributed by atoms with E-state index in [0.717, 1.165) is 22.1 Å². The van der Waals surface area contributed by atoms with Crippen molar-refractivity contribution >= 4 is 41.6 Å². The molecule has 2 aromatic rings. The van der Waals surface area contributed by atoms with Gasteiger partial charge in [0.15, 0.2) is 0 Å². The minimum atomic E-state index is -3.48. The van der Waals surface area contributed by atoms with Crippen LogP contribution in [0.3, 0.4) is 0 Å². The molecule has 160 valence electrons. The number of ether oxygens (including phenoxy) is 2. The van der Waals surface area contributed by atoms with Crippen LogP contribution in [0.5, 0.6) is 5.75 Å². The van der Waals surface area contributed by atoms with Gasteiger partial charge in [-0.15, -0.1) is 23.2 Å². The Morgan fingerprint density at radius 2 is 1.79 bits per heavy atom. The minimum absolute atomic E-state index is 0.124. The van der Waals surface area contributed by atoms with Gasteiger partial charge in [0.2, 0.25) is 6.29 Å². The molecule has 2 N–H and O–H groups in total. The van der Waals surface area contributed by atoms with Crippen LogP contribution in [0.15, 0.2) is 36.4 Å². The van der Waals surface area contributed by atoms with Crippen LogP contribution in [0.1, 0.15) is 25.8 Å². The van der Waals surface area contributed by atoms with Crippen molar-refractivity contribution in [1.29, 1.82) is 0 Å². The molecular weight excluding hydrogens is 434 g/mol. The topological polar surface area (TPSA) is 74.0 Å². The fourth-order valence-corrected chi connectivity index (χ4v) is 5.34. The van der Waals surface area contributed by atoms with E-state index in [-0.39, 0.29) is 18.4 Å². The number of benzene rings is 2. The van der Waals surface area contributed by atoms with Crippen molar-refractivity contribution in [2.75, 3.05) is 31.5 Å². The van der Waals surface area contributed by atoms with Gasteiger partial charge in [-0.25, -0.2) is 10.2 Å². The second-order valence-electron chi connectivity index (χ2n) is 7.39. The third-order valence-corrected chi connectivity index (χ3v) is 6.97. The summed E-state index contributed by atoms with van der Waals surface area (Å²) < 4.78 is 31.9. The van der Waals surface area contributed by atoms with Crippen molar-refractivity contribution in [3.05, 3.63) is 42.0 Å². The molecule has 1 aliphatic rings. The molecule has 0 fully saturated rings. The molecule has 0 aliphatic carbocycles. The lowest BCUT2D eigenvalue weighted by Crippen LogP contribution is -2.38. The second-order valence-corrected chi connectivity index (χ2v) is 10.1. The molecule has 1 aliphatic heterocycles. The highest BCUT2D eigenvalue weighted by molar-refractivity contribution is 7.53. The monoisotopic (exact) mass is 460 g/mol. The Morgan fingerprint density at radius 3 is 2.41 bits per heavy atom. The molecule has 0 amide bonds. The Balaban J connectivity index is 1.67. The van der Waals surface area contributed by atoms with E-state index in [9.17, 15) is 4.57 Å². The largest absolute Gasteiger partial charge is 0.464 e. The first-order valence-electron chi connectivity index (χ1n) is 9.55. The molecular formula is C20H27Cl2N2O4P. The van der Waals surface area contributed by atoms with Crippen molar-refractivity contribution < 1.29 is 18.6 Å². The molecule has 0 saturated carbocycles. The first-order valence-corrected chi connectivity index (χ1v) is 12.3. The lowest BCUT2D eigenvalue weighted by molar-refractivity contribution is -0.186. The first kappa shape index (κ1) is 22.8. The zero-order valence-corrected chi connectivity index (χ0v) is 19.1. The number of nitrogens with zero attached hydrogens (tertiary/aromatic N) is 1. The normalized spacial score (nSPS) is 20.3. The fraction of sp³-hybridized carbons (Fsp3) is 0.500. The van der Waals surface area contributed by atoms with Crippen molar-refractivity contribution in [1.82, 2.24) is 4.67 Å². The molecule has 0 aromatic heterocycles. The molecule has 29 heavy (non-hydrogen) atoms. The first-order chi connectivity index (χ1) is 13.8. The average Bonchev–Trinajstić information content (AvgIpc) is 2.66. The van der Waals surface area contributed by atoms with Gasteiger partial charge in [-0.2, -0.15) is 0 Å². The Kier molecular flexibility index (Phi) is 7.50. The predicted molar refractivity (Wildman–Crippen MR) is 118 cm³/mol. The molecule has 6 nitrogen and oxygen atoms in total. The number of hydrogen-bond acceptors (Lipinski definition) is 4. The van der Waals surface area contributed by atoms with E-state index in [0.29, 0.717) is 19.5 Å². The minimum Gasteiger partial charge on any atom is -0.464 e. The Morgan fingerprint density at radius 1 is 1.17 bits per heavy atom. The van der Waals surface area contributed by atoms with E-state index in [1.54, 1.807) is 0 Å². The molecule has 0 spiro atoms. The van der Waals surface area contributed by atoms with Gasteiger partial charge in [0.05, 0.1) is 12.2 Å². The molecule has 0 saturated heterocycles. The second kappa shape index (κ2) is 9.52.